The van der Waals surface area contributed by atoms with Crippen LogP contribution in [-0.4, -0.2) is 10.9 Å². The SMILES string of the molecule is C=CC(=O)c1ccc(C(O)C2CCC(C3CCC(CCC)CC3)CC2)cc1. The number of carbonyl (C=O) groups is 1. The second kappa shape index (κ2) is 9.68. The first-order valence-corrected chi connectivity index (χ1v) is 11.1. The minimum absolute atomic E-state index is 0.0646. The van der Waals surface area contributed by atoms with Crippen LogP contribution in [0.4, 0.5) is 0 Å². The molecule has 0 spiro atoms. The number of hydrogen-bond donors (Lipinski definition) is 1. The van der Waals surface area contributed by atoms with Crippen LogP contribution < -0.4 is 0 Å². The molecule has 2 heteroatoms. The Morgan fingerprint density at radius 1 is 1.04 bits per heavy atom. The van der Waals surface area contributed by atoms with E-state index in [1.807, 2.05) is 24.3 Å². The molecule has 2 saturated carbocycles. The maximum Gasteiger partial charge on any atom is 0.185 e. The van der Waals surface area contributed by atoms with Crippen molar-refractivity contribution in [2.45, 2.75) is 77.2 Å². The molecule has 2 aliphatic rings. The van der Waals surface area contributed by atoms with Gasteiger partial charge in [0.05, 0.1) is 6.10 Å². The fourth-order valence-electron chi connectivity index (χ4n) is 5.52. The third-order valence-electron chi connectivity index (χ3n) is 7.24. The number of aliphatic hydroxyl groups is 1. The third kappa shape index (κ3) is 5.10. The fourth-order valence-corrected chi connectivity index (χ4v) is 5.52. The molecule has 0 aromatic heterocycles. The van der Waals surface area contributed by atoms with Gasteiger partial charge in [-0.25, -0.2) is 0 Å². The lowest BCUT2D eigenvalue weighted by Gasteiger charge is -2.39. The number of ketones is 1. The van der Waals surface area contributed by atoms with Gasteiger partial charge in [-0.15, -0.1) is 0 Å². The Bertz CT molecular complexity index is 602. The molecule has 0 bridgehead atoms. The molecule has 1 unspecified atom stereocenters. The van der Waals surface area contributed by atoms with Crippen LogP contribution in [0.1, 0.15) is 93.2 Å². The van der Waals surface area contributed by atoms with E-state index in [4.69, 9.17) is 0 Å². The Labute approximate surface area is 165 Å². The molecular formula is C25H36O2. The summed E-state index contributed by atoms with van der Waals surface area (Å²) in [6.07, 6.45) is 14.2. The zero-order chi connectivity index (χ0) is 19.2. The lowest BCUT2D eigenvalue weighted by Crippen LogP contribution is -2.27. The molecule has 27 heavy (non-hydrogen) atoms. The van der Waals surface area contributed by atoms with E-state index in [2.05, 4.69) is 13.5 Å². The highest BCUT2D eigenvalue weighted by molar-refractivity contribution is 6.04. The molecule has 3 rings (SSSR count). The van der Waals surface area contributed by atoms with Crippen LogP contribution in [0, 0.1) is 23.7 Å². The van der Waals surface area contributed by atoms with Gasteiger partial charge in [-0.05, 0) is 73.8 Å². The standard InChI is InChI=1S/C25H36O2/c1-3-5-18-6-8-19(9-7-18)20-10-14-22(15-11-20)25(27)23-16-12-21(13-17-23)24(26)4-2/h4,12-13,16-20,22,25,27H,2-3,5-11,14-15H2,1H3. The van der Waals surface area contributed by atoms with Gasteiger partial charge in [0, 0.05) is 5.56 Å². The van der Waals surface area contributed by atoms with Gasteiger partial charge in [-0.1, -0.05) is 63.5 Å². The van der Waals surface area contributed by atoms with Gasteiger partial charge in [0.1, 0.15) is 0 Å². The van der Waals surface area contributed by atoms with E-state index < -0.39 is 6.10 Å². The maximum absolute atomic E-state index is 11.7. The Hall–Kier alpha value is -1.41. The minimum atomic E-state index is -0.404. The topological polar surface area (TPSA) is 37.3 Å². The van der Waals surface area contributed by atoms with E-state index in [-0.39, 0.29) is 5.78 Å². The van der Waals surface area contributed by atoms with Gasteiger partial charge in [0.2, 0.25) is 0 Å². The average molecular weight is 369 g/mol. The van der Waals surface area contributed by atoms with Crippen LogP contribution in [0.3, 0.4) is 0 Å². The molecule has 0 heterocycles. The van der Waals surface area contributed by atoms with Crippen molar-refractivity contribution in [3.05, 3.63) is 48.0 Å². The van der Waals surface area contributed by atoms with E-state index in [1.54, 1.807) is 0 Å². The van der Waals surface area contributed by atoms with Gasteiger partial charge in [0.25, 0.3) is 0 Å². The summed E-state index contributed by atoms with van der Waals surface area (Å²) in [5.41, 5.74) is 1.59. The van der Waals surface area contributed by atoms with E-state index in [0.29, 0.717) is 11.5 Å². The van der Waals surface area contributed by atoms with Crippen LogP contribution in [0.5, 0.6) is 0 Å². The number of hydrogen-bond acceptors (Lipinski definition) is 2. The summed E-state index contributed by atoms with van der Waals surface area (Å²) in [5, 5.41) is 10.8. The second-order valence-electron chi connectivity index (χ2n) is 8.88. The summed E-state index contributed by atoms with van der Waals surface area (Å²) in [6, 6.07) is 7.43. The number of allylic oxidation sites excluding steroid dienone is 1. The third-order valence-corrected chi connectivity index (χ3v) is 7.24. The van der Waals surface area contributed by atoms with Crippen molar-refractivity contribution >= 4 is 5.78 Å². The van der Waals surface area contributed by atoms with E-state index in [0.717, 1.165) is 36.2 Å². The largest absolute Gasteiger partial charge is 0.388 e. The minimum Gasteiger partial charge on any atom is -0.388 e. The quantitative estimate of drug-likeness (QED) is 0.440. The van der Waals surface area contributed by atoms with Gasteiger partial charge in [0.15, 0.2) is 5.78 Å². The van der Waals surface area contributed by atoms with Gasteiger partial charge in [-0.2, -0.15) is 0 Å². The molecule has 0 aliphatic heterocycles. The van der Waals surface area contributed by atoms with Gasteiger partial charge < -0.3 is 5.11 Å². The number of aliphatic hydroxyl groups excluding tert-OH is 1. The van der Waals surface area contributed by atoms with Crippen LogP contribution >= 0.6 is 0 Å². The highest BCUT2D eigenvalue weighted by Gasteiger charge is 2.33. The predicted octanol–water partition coefficient (Wildman–Crippen LogP) is 6.50. The molecule has 148 valence electrons. The van der Waals surface area contributed by atoms with E-state index >= 15 is 0 Å². The summed E-state index contributed by atoms with van der Waals surface area (Å²) in [4.78, 5) is 11.7. The number of benzene rings is 1. The lowest BCUT2D eigenvalue weighted by molar-refractivity contribution is 0.0562. The highest BCUT2D eigenvalue weighted by Crippen LogP contribution is 2.44. The molecule has 1 N–H and O–H groups in total. The fraction of sp³-hybridized carbons (Fsp3) is 0.640. The number of rotatable bonds is 7. The van der Waals surface area contributed by atoms with E-state index in [1.165, 1.54) is 57.4 Å². The number of carbonyl (C=O) groups excluding carboxylic acids is 1. The van der Waals surface area contributed by atoms with Crippen molar-refractivity contribution in [1.82, 2.24) is 0 Å². The molecule has 0 saturated heterocycles. The summed E-state index contributed by atoms with van der Waals surface area (Å²) in [6.45, 7) is 5.84. The monoisotopic (exact) mass is 368 g/mol. The normalized spacial score (nSPS) is 29.9. The second-order valence-corrected chi connectivity index (χ2v) is 8.88. The Kier molecular flexibility index (Phi) is 7.29. The first kappa shape index (κ1) is 20.3. The summed E-state index contributed by atoms with van der Waals surface area (Å²) >= 11 is 0. The summed E-state index contributed by atoms with van der Waals surface area (Å²) in [5.74, 6) is 3.09. The van der Waals surface area contributed by atoms with Gasteiger partial charge in [-0.3, -0.25) is 4.79 Å². The first-order chi connectivity index (χ1) is 13.1. The maximum atomic E-state index is 11.7. The molecule has 2 aliphatic carbocycles. The predicted molar refractivity (Wildman–Crippen MR) is 112 cm³/mol. The van der Waals surface area contributed by atoms with Crippen LogP contribution in [0.15, 0.2) is 36.9 Å². The Balaban J connectivity index is 1.48. The highest BCUT2D eigenvalue weighted by atomic mass is 16.3. The van der Waals surface area contributed by atoms with E-state index in [9.17, 15) is 9.90 Å². The Morgan fingerprint density at radius 2 is 1.59 bits per heavy atom. The zero-order valence-corrected chi connectivity index (χ0v) is 16.9. The zero-order valence-electron chi connectivity index (χ0n) is 16.9. The van der Waals surface area contributed by atoms with Crippen molar-refractivity contribution in [3.8, 4) is 0 Å². The lowest BCUT2D eigenvalue weighted by atomic mass is 9.68. The summed E-state index contributed by atoms with van der Waals surface area (Å²) in [7, 11) is 0. The van der Waals surface area contributed by atoms with Crippen LogP contribution in [0.2, 0.25) is 0 Å². The van der Waals surface area contributed by atoms with Crippen LogP contribution in [-0.2, 0) is 0 Å². The molecule has 1 aromatic rings. The molecule has 2 fully saturated rings. The van der Waals surface area contributed by atoms with Crippen molar-refractivity contribution in [2.75, 3.05) is 0 Å². The van der Waals surface area contributed by atoms with Crippen LogP contribution in [0.25, 0.3) is 0 Å². The summed E-state index contributed by atoms with van der Waals surface area (Å²) < 4.78 is 0. The first-order valence-electron chi connectivity index (χ1n) is 11.1. The molecule has 0 radical (unpaired) electrons. The van der Waals surface area contributed by atoms with Gasteiger partial charge >= 0.3 is 0 Å². The van der Waals surface area contributed by atoms with Crippen molar-refractivity contribution in [3.63, 3.8) is 0 Å². The van der Waals surface area contributed by atoms with Crippen molar-refractivity contribution < 1.29 is 9.90 Å². The van der Waals surface area contributed by atoms with Crippen molar-refractivity contribution in [2.24, 2.45) is 23.7 Å². The molecule has 1 aromatic carbocycles. The molecule has 2 nitrogen and oxygen atoms in total. The molecule has 1 atom stereocenters. The molecular weight excluding hydrogens is 332 g/mol. The Morgan fingerprint density at radius 3 is 2.11 bits per heavy atom. The average Bonchev–Trinajstić information content (AvgIpc) is 2.74. The molecule has 0 amide bonds. The van der Waals surface area contributed by atoms with Crippen molar-refractivity contribution in [1.29, 1.82) is 0 Å². The smallest absolute Gasteiger partial charge is 0.185 e.